The zero-order chi connectivity index (χ0) is 27.4. The lowest BCUT2D eigenvalue weighted by Gasteiger charge is -2.29. The molecular formula is C31H34F2N2O4. The second-order valence-corrected chi connectivity index (χ2v) is 10.3. The van der Waals surface area contributed by atoms with E-state index in [0.717, 1.165) is 60.5 Å². The number of carbonyl (C=O) groups excluding carboxylic acids is 1. The summed E-state index contributed by atoms with van der Waals surface area (Å²) in [7, 11) is 2.12. The van der Waals surface area contributed by atoms with Gasteiger partial charge in [-0.15, -0.1) is 0 Å². The van der Waals surface area contributed by atoms with Crippen molar-refractivity contribution < 1.29 is 28.2 Å². The summed E-state index contributed by atoms with van der Waals surface area (Å²) in [5.41, 5.74) is 2.62. The first kappa shape index (κ1) is 26.9. The Morgan fingerprint density at radius 1 is 0.974 bits per heavy atom. The maximum Gasteiger partial charge on any atom is 0.264 e. The molecule has 0 aliphatic carbocycles. The minimum absolute atomic E-state index is 0.0465. The molecule has 8 heteroatoms. The van der Waals surface area contributed by atoms with Gasteiger partial charge in [0.1, 0.15) is 35.5 Å². The Labute approximate surface area is 227 Å². The molecule has 1 fully saturated rings. The fourth-order valence-corrected chi connectivity index (χ4v) is 5.24. The number of piperidine rings is 1. The molecule has 1 amide bonds. The van der Waals surface area contributed by atoms with Gasteiger partial charge in [-0.25, -0.2) is 8.78 Å². The van der Waals surface area contributed by atoms with Gasteiger partial charge in [0.05, 0.1) is 0 Å². The molecule has 0 radical (unpaired) electrons. The van der Waals surface area contributed by atoms with Gasteiger partial charge in [-0.05, 0) is 73.7 Å². The number of hydrogen-bond donors (Lipinski definition) is 1. The highest BCUT2D eigenvalue weighted by molar-refractivity contribution is 5.99. The summed E-state index contributed by atoms with van der Waals surface area (Å²) in [6.07, 6.45) is 0.666. The van der Waals surface area contributed by atoms with E-state index in [4.69, 9.17) is 9.47 Å². The highest BCUT2D eigenvalue weighted by Gasteiger charge is 2.28. The number of amides is 1. The largest absolute Gasteiger partial charge is 0.507 e. The lowest BCUT2D eigenvalue weighted by Crippen LogP contribution is -2.35. The van der Waals surface area contributed by atoms with Crippen molar-refractivity contribution in [1.29, 1.82) is 0 Å². The SMILES string of the molecule is CN1CCC(Oc2ccc3c(c2)CCN(C(=O)c2c(O)cc(C(F)F)cc2OCc2ccccc2)CC3)CC1. The fourth-order valence-electron chi connectivity index (χ4n) is 5.24. The number of phenols is 1. The highest BCUT2D eigenvalue weighted by Crippen LogP contribution is 2.36. The molecule has 0 spiro atoms. The van der Waals surface area contributed by atoms with Crippen molar-refractivity contribution in [1.82, 2.24) is 9.80 Å². The number of likely N-dealkylation sites (tertiary alicyclic amines) is 1. The van der Waals surface area contributed by atoms with Crippen LogP contribution in [0.1, 0.15) is 51.9 Å². The molecule has 5 rings (SSSR count). The van der Waals surface area contributed by atoms with Crippen molar-refractivity contribution in [3.63, 3.8) is 0 Å². The van der Waals surface area contributed by atoms with E-state index in [1.54, 1.807) is 4.90 Å². The number of nitrogens with zero attached hydrogens (tertiary/aromatic N) is 2. The average molecular weight is 537 g/mol. The maximum atomic E-state index is 13.7. The number of fused-ring (bicyclic) bond motifs is 1. The fraction of sp³-hybridized carbons (Fsp3) is 0.387. The predicted octanol–water partition coefficient (Wildman–Crippen LogP) is 5.62. The third-order valence-electron chi connectivity index (χ3n) is 7.54. The van der Waals surface area contributed by atoms with Crippen LogP contribution < -0.4 is 9.47 Å². The van der Waals surface area contributed by atoms with E-state index in [1.165, 1.54) is 0 Å². The molecule has 2 aliphatic rings. The highest BCUT2D eigenvalue weighted by atomic mass is 19.3. The van der Waals surface area contributed by atoms with Crippen LogP contribution in [0.25, 0.3) is 0 Å². The van der Waals surface area contributed by atoms with E-state index in [0.29, 0.717) is 25.9 Å². The molecule has 206 valence electrons. The maximum absolute atomic E-state index is 13.7. The Kier molecular flexibility index (Phi) is 8.31. The molecule has 6 nitrogen and oxygen atoms in total. The molecule has 0 unspecified atom stereocenters. The molecule has 2 heterocycles. The van der Waals surface area contributed by atoms with Gasteiger partial charge in [0.25, 0.3) is 12.3 Å². The standard InChI is InChI=1S/C31H34F2N2O4/c1-34-13-11-25(12-14-34)39-26-8-7-22-9-15-35(16-10-23(22)17-26)31(37)29-27(36)18-24(30(32)33)19-28(29)38-20-21-5-3-2-4-6-21/h2-8,17-19,25,30,36H,9-16,20H2,1H3. The molecule has 1 N–H and O–H groups in total. The number of halogens is 2. The normalized spacial score (nSPS) is 16.6. The van der Waals surface area contributed by atoms with Crippen molar-refractivity contribution in [2.75, 3.05) is 33.2 Å². The number of phenolic OH excluding ortho intramolecular Hbond substituents is 1. The second kappa shape index (κ2) is 12.0. The van der Waals surface area contributed by atoms with E-state index in [1.807, 2.05) is 36.4 Å². The Balaban J connectivity index is 1.32. The Morgan fingerprint density at radius 3 is 2.41 bits per heavy atom. The molecule has 0 atom stereocenters. The van der Waals surface area contributed by atoms with Crippen LogP contribution in [-0.4, -0.2) is 60.1 Å². The molecule has 1 saturated heterocycles. The molecule has 39 heavy (non-hydrogen) atoms. The number of hydrogen-bond acceptors (Lipinski definition) is 5. The van der Waals surface area contributed by atoms with Gasteiger partial charge in [-0.2, -0.15) is 0 Å². The van der Waals surface area contributed by atoms with Crippen LogP contribution in [0, 0.1) is 0 Å². The monoisotopic (exact) mass is 536 g/mol. The molecule has 0 bridgehead atoms. The van der Waals surface area contributed by atoms with E-state index in [-0.39, 0.29) is 24.0 Å². The van der Waals surface area contributed by atoms with Crippen molar-refractivity contribution in [3.05, 3.63) is 88.5 Å². The minimum atomic E-state index is -2.81. The van der Waals surface area contributed by atoms with E-state index in [9.17, 15) is 18.7 Å². The van der Waals surface area contributed by atoms with E-state index < -0.39 is 23.6 Å². The molecule has 2 aliphatic heterocycles. The van der Waals surface area contributed by atoms with Crippen LogP contribution in [0.5, 0.6) is 17.2 Å². The average Bonchev–Trinajstić information content (AvgIpc) is 3.15. The third-order valence-corrected chi connectivity index (χ3v) is 7.54. The number of carbonyl (C=O) groups is 1. The number of ether oxygens (including phenoxy) is 2. The summed E-state index contributed by atoms with van der Waals surface area (Å²) in [5, 5.41) is 10.7. The van der Waals surface area contributed by atoms with Crippen LogP contribution in [0.4, 0.5) is 8.78 Å². The van der Waals surface area contributed by atoms with Crippen LogP contribution in [0.15, 0.2) is 60.7 Å². The molecule has 3 aromatic rings. The second-order valence-electron chi connectivity index (χ2n) is 10.3. The van der Waals surface area contributed by atoms with E-state index >= 15 is 0 Å². The van der Waals surface area contributed by atoms with Crippen molar-refractivity contribution >= 4 is 5.91 Å². The van der Waals surface area contributed by atoms with Crippen molar-refractivity contribution in [2.45, 2.75) is 44.8 Å². The Morgan fingerprint density at radius 2 is 1.69 bits per heavy atom. The summed E-state index contributed by atoms with van der Waals surface area (Å²) in [6.45, 7) is 3.00. The van der Waals surface area contributed by atoms with Gasteiger partial charge < -0.3 is 24.4 Å². The van der Waals surface area contributed by atoms with Gasteiger partial charge in [-0.1, -0.05) is 36.4 Å². The summed E-state index contributed by atoms with van der Waals surface area (Å²) in [5.74, 6) is -0.141. The van der Waals surface area contributed by atoms with Crippen LogP contribution in [0.2, 0.25) is 0 Å². The summed E-state index contributed by atoms with van der Waals surface area (Å²) in [6, 6.07) is 17.5. The Hall–Kier alpha value is -3.65. The van der Waals surface area contributed by atoms with Gasteiger partial charge in [0.15, 0.2) is 0 Å². The van der Waals surface area contributed by atoms with Gasteiger partial charge >= 0.3 is 0 Å². The third kappa shape index (κ3) is 6.50. The molecule has 3 aromatic carbocycles. The number of rotatable bonds is 7. The number of aromatic hydroxyl groups is 1. The smallest absolute Gasteiger partial charge is 0.264 e. The quantitative estimate of drug-likeness (QED) is 0.425. The molecule has 0 saturated carbocycles. The summed E-state index contributed by atoms with van der Waals surface area (Å²) >= 11 is 0. The number of benzene rings is 3. The first-order valence-electron chi connectivity index (χ1n) is 13.5. The van der Waals surface area contributed by atoms with Crippen LogP contribution >= 0.6 is 0 Å². The summed E-state index contributed by atoms with van der Waals surface area (Å²) in [4.78, 5) is 17.6. The Bertz CT molecular complexity index is 1290. The topological polar surface area (TPSA) is 62.2 Å². The van der Waals surface area contributed by atoms with E-state index in [2.05, 4.69) is 24.1 Å². The van der Waals surface area contributed by atoms with Crippen LogP contribution in [0.3, 0.4) is 0 Å². The first-order chi connectivity index (χ1) is 18.9. The molecular weight excluding hydrogens is 502 g/mol. The van der Waals surface area contributed by atoms with Gasteiger partial charge in [0.2, 0.25) is 0 Å². The van der Waals surface area contributed by atoms with Crippen molar-refractivity contribution in [3.8, 4) is 17.2 Å². The minimum Gasteiger partial charge on any atom is -0.507 e. The predicted molar refractivity (Wildman–Crippen MR) is 145 cm³/mol. The van der Waals surface area contributed by atoms with Gasteiger partial charge in [-0.3, -0.25) is 4.79 Å². The zero-order valence-electron chi connectivity index (χ0n) is 22.1. The van der Waals surface area contributed by atoms with Crippen molar-refractivity contribution in [2.24, 2.45) is 0 Å². The lowest BCUT2D eigenvalue weighted by atomic mass is 10.0. The number of alkyl halides is 2. The zero-order valence-corrected chi connectivity index (χ0v) is 22.1. The van der Waals surface area contributed by atoms with Crippen LogP contribution in [-0.2, 0) is 19.4 Å². The molecule has 0 aromatic heterocycles. The summed E-state index contributed by atoms with van der Waals surface area (Å²) < 4.78 is 39.1. The first-order valence-corrected chi connectivity index (χ1v) is 13.5. The van der Waals surface area contributed by atoms with Gasteiger partial charge in [0, 0.05) is 31.7 Å². The lowest BCUT2D eigenvalue weighted by molar-refractivity contribution is 0.0754.